The van der Waals surface area contributed by atoms with Gasteiger partial charge in [0.2, 0.25) is 0 Å². The molecule has 0 bridgehead atoms. The Morgan fingerprint density at radius 2 is 1.93 bits per heavy atom. The molecule has 2 heteroatoms. The standard InChI is InChI=1S/C12H21NO/c1-11(2)8-13-9-12(10-14-3)6-4-5-7-12/h4-7,11,13H,8-10H2,1-3H3. The summed E-state index contributed by atoms with van der Waals surface area (Å²) >= 11 is 0. The second kappa shape index (κ2) is 5.32. The number of ether oxygens (including phenoxy) is 1. The highest BCUT2D eigenvalue weighted by molar-refractivity contribution is 5.25. The van der Waals surface area contributed by atoms with Crippen LogP contribution in [0.15, 0.2) is 24.3 Å². The summed E-state index contributed by atoms with van der Waals surface area (Å²) in [7, 11) is 1.75. The molecule has 0 aromatic rings. The molecule has 0 heterocycles. The van der Waals surface area contributed by atoms with Gasteiger partial charge >= 0.3 is 0 Å². The van der Waals surface area contributed by atoms with Crippen LogP contribution in [0, 0.1) is 11.3 Å². The second-order valence-corrected chi connectivity index (χ2v) is 4.41. The van der Waals surface area contributed by atoms with E-state index in [2.05, 4.69) is 43.5 Å². The van der Waals surface area contributed by atoms with Gasteiger partial charge in [0.05, 0.1) is 6.61 Å². The summed E-state index contributed by atoms with van der Waals surface area (Å²) < 4.78 is 5.24. The lowest BCUT2D eigenvalue weighted by atomic mass is 9.91. The first-order valence-electron chi connectivity index (χ1n) is 5.25. The fourth-order valence-corrected chi connectivity index (χ4v) is 1.68. The summed E-state index contributed by atoms with van der Waals surface area (Å²) in [5.74, 6) is 0.698. The lowest BCUT2D eigenvalue weighted by molar-refractivity contribution is 0.137. The molecule has 0 saturated heterocycles. The smallest absolute Gasteiger partial charge is 0.0600 e. The third-order valence-electron chi connectivity index (χ3n) is 2.39. The summed E-state index contributed by atoms with van der Waals surface area (Å²) in [4.78, 5) is 0. The SMILES string of the molecule is COCC1(CNCC(C)C)C=CC=C1. The van der Waals surface area contributed by atoms with E-state index in [0.717, 1.165) is 19.7 Å². The number of nitrogens with one attached hydrogen (secondary N) is 1. The number of methoxy groups -OCH3 is 1. The highest BCUT2D eigenvalue weighted by atomic mass is 16.5. The van der Waals surface area contributed by atoms with Crippen LogP contribution in [-0.4, -0.2) is 26.8 Å². The molecule has 80 valence electrons. The van der Waals surface area contributed by atoms with Crippen LogP contribution in [0.25, 0.3) is 0 Å². The molecule has 1 aliphatic rings. The third-order valence-corrected chi connectivity index (χ3v) is 2.39. The van der Waals surface area contributed by atoms with Crippen molar-refractivity contribution in [3.8, 4) is 0 Å². The number of allylic oxidation sites excluding steroid dienone is 2. The maximum absolute atomic E-state index is 5.24. The molecule has 0 atom stereocenters. The van der Waals surface area contributed by atoms with E-state index >= 15 is 0 Å². The van der Waals surface area contributed by atoms with Gasteiger partial charge in [-0.05, 0) is 12.5 Å². The van der Waals surface area contributed by atoms with Crippen LogP contribution in [-0.2, 0) is 4.74 Å². The summed E-state index contributed by atoms with van der Waals surface area (Å²) in [6.45, 7) is 7.22. The Labute approximate surface area is 87.0 Å². The van der Waals surface area contributed by atoms with Crippen LogP contribution in [0.3, 0.4) is 0 Å². The van der Waals surface area contributed by atoms with Crippen molar-refractivity contribution < 1.29 is 4.74 Å². The van der Waals surface area contributed by atoms with Gasteiger partial charge in [-0.3, -0.25) is 0 Å². The first kappa shape index (κ1) is 11.5. The molecule has 0 spiro atoms. The molecule has 2 nitrogen and oxygen atoms in total. The van der Waals surface area contributed by atoms with Gasteiger partial charge < -0.3 is 10.1 Å². The normalized spacial score (nSPS) is 18.3. The van der Waals surface area contributed by atoms with E-state index < -0.39 is 0 Å². The molecule has 1 rings (SSSR count). The quantitative estimate of drug-likeness (QED) is 0.700. The van der Waals surface area contributed by atoms with Crippen molar-refractivity contribution in [2.24, 2.45) is 11.3 Å². The Bertz CT molecular complexity index is 206. The topological polar surface area (TPSA) is 21.3 Å². The predicted molar refractivity (Wildman–Crippen MR) is 60.3 cm³/mol. The van der Waals surface area contributed by atoms with E-state index in [4.69, 9.17) is 4.74 Å². The molecular formula is C12H21NO. The Morgan fingerprint density at radius 1 is 1.29 bits per heavy atom. The average molecular weight is 195 g/mol. The molecule has 0 aliphatic heterocycles. The molecule has 14 heavy (non-hydrogen) atoms. The van der Waals surface area contributed by atoms with Crippen molar-refractivity contribution in [3.05, 3.63) is 24.3 Å². The molecule has 0 aromatic carbocycles. The van der Waals surface area contributed by atoms with E-state index in [0.29, 0.717) is 5.92 Å². The first-order valence-corrected chi connectivity index (χ1v) is 5.25. The van der Waals surface area contributed by atoms with Gasteiger partial charge in [-0.1, -0.05) is 38.2 Å². The zero-order chi connectivity index (χ0) is 10.4. The number of hydrogen-bond acceptors (Lipinski definition) is 2. The van der Waals surface area contributed by atoms with E-state index in [9.17, 15) is 0 Å². The molecule has 0 amide bonds. The minimum Gasteiger partial charge on any atom is -0.383 e. The van der Waals surface area contributed by atoms with E-state index in [1.54, 1.807) is 7.11 Å². The van der Waals surface area contributed by atoms with Gasteiger partial charge in [0, 0.05) is 19.1 Å². The molecule has 0 fully saturated rings. The molecular weight excluding hydrogens is 174 g/mol. The van der Waals surface area contributed by atoms with Crippen LogP contribution < -0.4 is 5.32 Å². The molecule has 1 N–H and O–H groups in total. The fourth-order valence-electron chi connectivity index (χ4n) is 1.68. The van der Waals surface area contributed by atoms with Crippen LogP contribution in [0.4, 0.5) is 0 Å². The maximum Gasteiger partial charge on any atom is 0.0600 e. The average Bonchev–Trinajstić information content (AvgIpc) is 2.53. The van der Waals surface area contributed by atoms with E-state index in [-0.39, 0.29) is 5.41 Å². The molecule has 0 aromatic heterocycles. The van der Waals surface area contributed by atoms with Gasteiger partial charge in [0.25, 0.3) is 0 Å². The summed E-state index contributed by atoms with van der Waals surface area (Å²) in [5, 5.41) is 3.47. The van der Waals surface area contributed by atoms with Crippen LogP contribution in [0.1, 0.15) is 13.8 Å². The lowest BCUT2D eigenvalue weighted by Crippen LogP contribution is -2.35. The lowest BCUT2D eigenvalue weighted by Gasteiger charge is -2.25. The van der Waals surface area contributed by atoms with Gasteiger partial charge in [-0.15, -0.1) is 0 Å². The first-order chi connectivity index (χ1) is 6.68. The zero-order valence-electron chi connectivity index (χ0n) is 9.42. The van der Waals surface area contributed by atoms with Crippen molar-refractivity contribution >= 4 is 0 Å². The van der Waals surface area contributed by atoms with Crippen LogP contribution in [0.2, 0.25) is 0 Å². The predicted octanol–water partition coefficient (Wildman–Crippen LogP) is 1.99. The van der Waals surface area contributed by atoms with Crippen molar-refractivity contribution in [2.45, 2.75) is 13.8 Å². The van der Waals surface area contributed by atoms with Crippen molar-refractivity contribution in [1.82, 2.24) is 5.32 Å². The largest absolute Gasteiger partial charge is 0.383 e. The monoisotopic (exact) mass is 195 g/mol. The molecule has 0 saturated carbocycles. The highest BCUT2D eigenvalue weighted by Crippen LogP contribution is 2.25. The summed E-state index contributed by atoms with van der Waals surface area (Å²) in [5.41, 5.74) is 0.0869. The number of rotatable bonds is 6. The molecule has 0 radical (unpaired) electrons. The number of hydrogen-bond donors (Lipinski definition) is 1. The fraction of sp³-hybridized carbons (Fsp3) is 0.667. The minimum atomic E-state index is 0.0869. The van der Waals surface area contributed by atoms with Gasteiger partial charge in [0.1, 0.15) is 0 Å². The van der Waals surface area contributed by atoms with E-state index in [1.807, 2.05) is 0 Å². The second-order valence-electron chi connectivity index (χ2n) is 4.41. The maximum atomic E-state index is 5.24. The van der Waals surface area contributed by atoms with Crippen molar-refractivity contribution in [1.29, 1.82) is 0 Å². The van der Waals surface area contributed by atoms with Gasteiger partial charge in [-0.25, -0.2) is 0 Å². The Morgan fingerprint density at radius 3 is 2.43 bits per heavy atom. The van der Waals surface area contributed by atoms with Gasteiger partial charge in [-0.2, -0.15) is 0 Å². The van der Waals surface area contributed by atoms with Crippen molar-refractivity contribution in [3.63, 3.8) is 0 Å². The Balaban J connectivity index is 2.37. The highest BCUT2D eigenvalue weighted by Gasteiger charge is 2.25. The van der Waals surface area contributed by atoms with Crippen LogP contribution >= 0.6 is 0 Å². The summed E-state index contributed by atoms with van der Waals surface area (Å²) in [6, 6.07) is 0. The Hall–Kier alpha value is -0.600. The third kappa shape index (κ3) is 3.28. The van der Waals surface area contributed by atoms with Crippen LogP contribution in [0.5, 0.6) is 0 Å². The summed E-state index contributed by atoms with van der Waals surface area (Å²) in [6.07, 6.45) is 8.61. The zero-order valence-corrected chi connectivity index (χ0v) is 9.42. The molecule has 0 unspecified atom stereocenters. The minimum absolute atomic E-state index is 0.0869. The van der Waals surface area contributed by atoms with Crippen molar-refractivity contribution in [2.75, 3.05) is 26.8 Å². The van der Waals surface area contributed by atoms with Gasteiger partial charge in [0.15, 0.2) is 0 Å². The Kier molecular flexibility index (Phi) is 4.36. The van der Waals surface area contributed by atoms with E-state index in [1.165, 1.54) is 0 Å². The molecule has 1 aliphatic carbocycles.